The quantitative estimate of drug-likeness (QED) is 0.343. The molecule has 6 heteroatoms. The first-order valence-corrected chi connectivity index (χ1v) is 10.9. The molecule has 0 amide bonds. The highest BCUT2D eigenvalue weighted by Gasteiger charge is 2.13. The van der Waals surface area contributed by atoms with Crippen molar-refractivity contribution in [2.24, 2.45) is 0 Å². The van der Waals surface area contributed by atoms with Crippen molar-refractivity contribution in [1.82, 2.24) is 9.97 Å². The van der Waals surface area contributed by atoms with Gasteiger partial charge in [-0.25, -0.2) is 4.98 Å². The standard InChI is InChI=1S/C22H19Cl2N3S/c1-28-19-6-2-15(3-7-19)12-27(13-16-10-17(23)4-8-20(16)24)18-5-9-21-22(11-18)26-14-25-21/h2-11,14H,12-13H2,1H3,(H,25,26). The van der Waals surface area contributed by atoms with Crippen molar-refractivity contribution in [3.8, 4) is 0 Å². The molecule has 1 aromatic heterocycles. The average molecular weight is 428 g/mol. The number of thioether (sulfide) groups is 1. The number of aromatic amines is 1. The summed E-state index contributed by atoms with van der Waals surface area (Å²) in [5.74, 6) is 0. The van der Waals surface area contributed by atoms with E-state index >= 15 is 0 Å². The maximum atomic E-state index is 6.44. The lowest BCUT2D eigenvalue weighted by Crippen LogP contribution is -2.22. The third-order valence-electron chi connectivity index (χ3n) is 4.67. The van der Waals surface area contributed by atoms with Crippen molar-refractivity contribution in [3.05, 3.63) is 88.2 Å². The Morgan fingerprint density at radius 1 is 0.964 bits per heavy atom. The zero-order valence-electron chi connectivity index (χ0n) is 15.3. The minimum Gasteiger partial charge on any atom is -0.363 e. The maximum absolute atomic E-state index is 6.44. The Bertz CT molecular complexity index is 1090. The van der Waals surface area contributed by atoms with Crippen molar-refractivity contribution >= 4 is 51.7 Å². The molecular formula is C22H19Cl2N3S. The number of rotatable bonds is 6. The number of fused-ring (bicyclic) bond motifs is 1. The van der Waals surface area contributed by atoms with Gasteiger partial charge in [-0.1, -0.05) is 35.3 Å². The Morgan fingerprint density at radius 3 is 2.57 bits per heavy atom. The zero-order valence-corrected chi connectivity index (χ0v) is 17.7. The first kappa shape index (κ1) is 19.2. The molecule has 0 aliphatic carbocycles. The number of hydrogen-bond donors (Lipinski definition) is 1. The van der Waals surface area contributed by atoms with Gasteiger partial charge in [0.05, 0.1) is 17.4 Å². The fourth-order valence-corrected chi connectivity index (χ4v) is 3.96. The molecule has 0 saturated carbocycles. The molecule has 4 rings (SSSR count). The van der Waals surface area contributed by atoms with Crippen molar-refractivity contribution < 1.29 is 0 Å². The average Bonchev–Trinajstić information content (AvgIpc) is 3.18. The van der Waals surface area contributed by atoms with Gasteiger partial charge in [-0.15, -0.1) is 11.8 Å². The summed E-state index contributed by atoms with van der Waals surface area (Å²) in [5.41, 5.74) is 5.28. The minimum atomic E-state index is 0.652. The number of aromatic nitrogens is 2. The molecule has 3 aromatic carbocycles. The molecule has 0 spiro atoms. The van der Waals surface area contributed by atoms with Gasteiger partial charge in [0.1, 0.15) is 0 Å². The molecule has 0 aliphatic rings. The molecule has 3 nitrogen and oxygen atoms in total. The van der Waals surface area contributed by atoms with Gasteiger partial charge in [0, 0.05) is 33.7 Å². The van der Waals surface area contributed by atoms with Crippen LogP contribution in [-0.4, -0.2) is 16.2 Å². The molecule has 0 fully saturated rings. The third kappa shape index (κ3) is 4.30. The van der Waals surface area contributed by atoms with Crippen molar-refractivity contribution in [1.29, 1.82) is 0 Å². The van der Waals surface area contributed by atoms with Crippen LogP contribution in [0.1, 0.15) is 11.1 Å². The van der Waals surface area contributed by atoms with Gasteiger partial charge in [-0.05, 0) is 65.9 Å². The molecule has 1 N–H and O–H groups in total. The number of halogens is 2. The first-order chi connectivity index (χ1) is 13.6. The lowest BCUT2D eigenvalue weighted by molar-refractivity contribution is 0.800. The second-order valence-corrected chi connectivity index (χ2v) is 8.27. The van der Waals surface area contributed by atoms with E-state index in [9.17, 15) is 0 Å². The molecule has 28 heavy (non-hydrogen) atoms. The highest BCUT2D eigenvalue weighted by molar-refractivity contribution is 7.98. The van der Waals surface area contributed by atoms with E-state index in [-0.39, 0.29) is 0 Å². The van der Waals surface area contributed by atoms with Crippen LogP contribution in [0.15, 0.2) is 71.9 Å². The lowest BCUT2D eigenvalue weighted by atomic mass is 10.1. The van der Waals surface area contributed by atoms with Gasteiger partial charge < -0.3 is 9.88 Å². The van der Waals surface area contributed by atoms with E-state index in [2.05, 4.69) is 63.6 Å². The Labute approximate surface area is 178 Å². The van der Waals surface area contributed by atoms with Crippen LogP contribution in [0.3, 0.4) is 0 Å². The molecule has 0 bridgehead atoms. The van der Waals surface area contributed by atoms with Crippen LogP contribution < -0.4 is 4.90 Å². The molecule has 0 aliphatic heterocycles. The van der Waals surface area contributed by atoms with Crippen molar-refractivity contribution in [2.45, 2.75) is 18.0 Å². The highest BCUT2D eigenvalue weighted by Crippen LogP contribution is 2.28. The third-order valence-corrected chi connectivity index (χ3v) is 6.02. The number of nitrogens with one attached hydrogen (secondary N) is 1. The lowest BCUT2D eigenvalue weighted by Gasteiger charge is -2.26. The fourth-order valence-electron chi connectivity index (χ4n) is 3.18. The van der Waals surface area contributed by atoms with Crippen LogP contribution >= 0.6 is 35.0 Å². The van der Waals surface area contributed by atoms with E-state index in [1.54, 1.807) is 18.1 Å². The van der Waals surface area contributed by atoms with Crippen LogP contribution in [0.25, 0.3) is 11.0 Å². The Morgan fingerprint density at radius 2 is 1.79 bits per heavy atom. The second-order valence-electron chi connectivity index (χ2n) is 6.54. The number of H-pyrrole nitrogens is 1. The molecule has 0 unspecified atom stereocenters. The predicted octanol–water partition coefficient (Wildman–Crippen LogP) is 6.80. The van der Waals surface area contributed by atoms with Crippen molar-refractivity contribution in [2.75, 3.05) is 11.2 Å². The Hall–Kier alpha value is -2.14. The van der Waals surface area contributed by atoms with Gasteiger partial charge in [0.25, 0.3) is 0 Å². The van der Waals surface area contributed by atoms with Gasteiger partial charge in [-0.2, -0.15) is 0 Å². The van der Waals surface area contributed by atoms with E-state index in [1.165, 1.54) is 10.5 Å². The summed E-state index contributed by atoms with van der Waals surface area (Å²) in [7, 11) is 0. The van der Waals surface area contributed by atoms with E-state index in [4.69, 9.17) is 23.2 Å². The Kier molecular flexibility index (Phi) is 5.81. The van der Waals surface area contributed by atoms with E-state index in [0.717, 1.165) is 28.8 Å². The van der Waals surface area contributed by atoms with Gasteiger partial charge in [0.15, 0.2) is 0 Å². The smallest absolute Gasteiger partial charge is 0.0931 e. The topological polar surface area (TPSA) is 31.9 Å². The predicted molar refractivity (Wildman–Crippen MR) is 121 cm³/mol. The van der Waals surface area contributed by atoms with Gasteiger partial charge in [0.2, 0.25) is 0 Å². The molecule has 142 valence electrons. The summed E-state index contributed by atoms with van der Waals surface area (Å²) in [6, 6.07) is 20.5. The minimum absolute atomic E-state index is 0.652. The van der Waals surface area contributed by atoms with Crippen molar-refractivity contribution in [3.63, 3.8) is 0 Å². The first-order valence-electron chi connectivity index (χ1n) is 8.87. The number of nitrogens with zero attached hydrogens (tertiary/aromatic N) is 2. The summed E-state index contributed by atoms with van der Waals surface area (Å²) < 4.78 is 0. The molecule has 1 heterocycles. The molecule has 0 saturated heterocycles. The number of imidazole rings is 1. The summed E-state index contributed by atoms with van der Waals surface area (Å²) >= 11 is 14.4. The number of benzene rings is 3. The molecule has 0 atom stereocenters. The van der Waals surface area contributed by atoms with E-state index < -0.39 is 0 Å². The van der Waals surface area contributed by atoms with Crippen LogP contribution in [-0.2, 0) is 13.1 Å². The molecule has 4 aromatic rings. The van der Waals surface area contributed by atoms with Crippen LogP contribution in [0, 0.1) is 0 Å². The summed E-state index contributed by atoms with van der Waals surface area (Å²) in [4.78, 5) is 11.1. The largest absolute Gasteiger partial charge is 0.363 e. The van der Waals surface area contributed by atoms with Crippen LogP contribution in [0.4, 0.5) is 5.69 Å². The number of anilines is 1. The van der Waals surface area contributed by atoms with E-state index in [0.29, 0.717) is 16.6 Å². The van der Waals surface area contributed by atoms with Crippen LogP contribution in [0.2, 0.25) is 10.0 Å². The Balaban J connectivity index is 1.69. The summed E-state index contributed by atoms with van der Waals surface area (Å²) in [6.45, 7) is 1.41. The SMILES string of the molecule is CSc1ccc(CN(Cc2cc(Cl)ccc2Cl)c2ccc3[nH]cnc3c2)cc1. The maximum Gasteiger partial charge on any atom is 0.0931 e. The zero-order chi connectivity index (χ0) is 19.5. The summed E-state index contributed by atoms with van der Waals surface area (Å²) in [5, 5.41) is 1.40. The fraction of sp³-hybridized carbons (Fsp3) is 0.136. The molecule has 0 radical (unpaired) electrons. The monoisotopic (exact) mass is 427 g/mol. The summed E-state index contributed by atoms with van der Waals surface area (Å²) in [6.07, 6.45) is 3.80. The van der Waals surface area contributed by atoms with Gasteiger partial charge >= 0.3 is 0 Å². The number of hydrogen-bond acceptors (Lipinski definition) is 3. The van der Waals surface area contributed by atoms with E-state index in [1.807, 2.05) is 18.2 Å². The normalized spacial score (nSPS) is 11.1. The van der Waals surface area contributed by atoms with Gasteiger partial charge in [-0.3, -0.25) is 0 Å². The molecular weight excluding hydrogens is 409 g/mol. The highest BCUT2D eigenvalue weighted by atomic mass is 35.5. The van der Waals surface area contributed by atoms with Crippen LogP contribution in [0.5, 0.6) is 0 Å². The second kappa shape index (κ2) is 8.48.